The second kappa shape index (κ2) is 13.9. The van der Waals surface area contributed by atoms with Gasteiger partial charge in [-0.1, -0.05) is 79.7 Å². The summed E-state index contributed by atoms with van der Waals surface area (Å²) in [4.78, 5) is 0. The van der Waals surface area contributed by atoms with E-state index < -0.39 is 5.41 Å². The van der Waals surface area contributed by atoms with Crippen LogP contribution in [0.3, 0.4) is 0 Å². The Labute approximate surface area is 462 Å². The van der Waals surface area contributed by atoms with Gasteiger partial charge in [-0.3, -0.25) is 0 Å². The van der Waals surface area contributed by atoms with Crippen molar-refractivity contribution in [3.63, 3.8) is 0 Å². The number of nitrogens with two attached hydrogens (primary N) is 2. The summed E-state index contributed by atoms with van der Waals surface area (Å²) >= 11 is 0. The fourth-order valence-electron chi connectivity index (χ4n) is 29.5. The maximum Gasteiger partial charge on any atom is 0.138 e. The quantitative estimate of drug-likeness (QED) is 0.101. The van der Waals surface area contributed by atoms with Gasteiger partial charge < -0.3 is 21.7 Å². The molecule has 77 heavy (non-hydrogen) atoms. The van der Waals surface area contributed by atoms with Crippen molar-refractivity contribution in [3.05, 3.63) is 105 Å². The molecule has 4 heteroatoms. The fourth-order valence-corrected chi connectivity index (χ4v) is 29.5. The molecule has 406 valence electrons. The predicted octanol–water partition coefficient (Wildman–Crippen LogP) is 17.6. The van der Waals surface area contributed by atoms with Gasteiger partial charge in [0.2, 0.25) is 0 Å². The van der Waals surface area contributed by atoms with E-state index in [4.69, 9.17) is 11.5 Å². The largest absolute Gasteiger partial charge is 0.506 e. The number of benzene rings is 4. The number of hydrogen-bond acceptors (Lipinski definition) is 4. The number of aromatic hydroxyl groups is 2. The molecule has 0 amide bonds. The standard InChI is InChI=1S/C73H92N2O2/c1-61-19-43-20-62(2,31-61)36-69(27-43,35-61)53-15-49-50-16-54(70-28-44-21-63(3,37-70)32-64(4,22-44)38-70)56(72-30-46-25-67(7,41-72)34-68(8,26-46)42-72)18-52(50)73(47-9-11-59(76)57(74)13-47,48-10-12-60(77)58(75)14-48)51(49)17-55(53)71-29-45-23-65(5,39-71)33-66(6,24-45)40-71/h9-18,43-46,76-77H,19-42,74-75H2,1-8H3. The third-order valence-corrected chi connectivity index (χ3v) is 27.1. The van der Waals surface area contributed by atoms with Crippen molar-refractivity contribution in [1.29, 1.82) is 0 Å². The summed E-state index contributed by atoms with van der Waals surface area (Å²) in [6.45, 7) is 21.6. The molecule has 21 rings (SSSR count). The summed E-state index contributed by atoms with van der Waals surface area (Å²) in [5, 5.41) is 22.9. The number of hydrogen-bond donors (Lipinski definition) is 4. The summed E-state index contributed by atoms with van der Waals surface area (Å²) in [7, 11) is 0. The van der Waals surface area contributed by atoms with Crippen LogP contribution in [-0.4, -0.2) is 10.2 Å². The van der Waals surface area contributed by atoms with Gasteiger partial charge in [-0.05, 0) is 335 Å². The van der Waals surface area contributed by atoms with Crippen LogP contribution in [0.15, 0.2) is 60.7 Å². The third-order valence-electron chi connectivity index (χ3n) is 27.1. The molecule has 4 nitrogen and oxygen atoms in total. The monoisotopic (exact) mass is 1030 g/mol. The topological polar surface area (TPSA) is 92.5 Å². The number of phenols is 2. The van der Waals surface area contributed by atoms with Crippen molar-refractivity contribution >= 4 is 11.4 Å². The zero-order valence-electron chi connectivity index (χ0n) is 48.6. The lowest BCUT2D eigenvalue weighted by Crippen LogP contribution is -2.59. The number of rotatable bonds is 6. The first-order chi connectivity index (χ1) is 36.1. The first-order valence-corrected chi connectivity index (χ1v) is 31.7. The van der Waals surface area contributed by atoms with Gasteiger partial charge in [-0.25, -0.2) is 0 Å². The Kier molecular flexibility index (Phi) is 8.61. The van der Waals surface area contributed by atoms with Crippen LogP contribution in [0.25, 0.3) is 11.1 Å². The lowest BCUT2D eigenvalue weighted by Gasteiger charge is -2.68. The van der Waals surface area contributed by atoms with Crippen molar-refractivity contribution < 1.29 is 10.2 Å². The number of fused-ring (bicyclic) bond motifs is 3. The van der Waals surface area contributed by atoms with Gasteiger partial charge in [0.05, 0.1) is 16.8 Å². The Morgan fingerprint density at radius 3 is 0.792 bits per heavy atom. The second-order valence-corrected chi connectivity index (χ2v) is 35.8. The first kappa shape index (κ1) is 47.8. The van der Waals surface area contributed by atoms with E-state index in [1.165, 1.54) is 176 Å². The minimum absolute atomic E-state index is 0.103. The molecule has 17 aliphatic rings. The molecule has 0 aliphatic heterocycles. The molecule has 0 saturated heterocycles. The predicted molar refractivity (Wildman–Crippen MR) is 312 cm³/mol. The van der Waals surface area contributed by atoms with Crippen LogP contribution in [0.2, 0.25) is 0 Å². The molecule has 4 aromatic carbocycles. The minimum Gasteiger partial charge on any atom is -0.506 e. The van der Waals surface area contributed by atoms with Gasteiger partial charge in [0.25, 0.3) is 0 Å². The smallest absolute Gasteiger partial charge is 0.138 e. The first-order valence-electron chi connectivity index (χ1n) is 31.7. The lowest BCUT2D eigenvalue weighted by molar-refractivity contribution is -0.118. The Balaban J connectivity index is 1.02. The van der Waals surface area contributed by atoms with E-state index in [1.807, 2.05) is 12.1 Å². The van der Waals surface area contributed by atoms with E-state index in [1.54, 1.807) is 22.3 Å². The molecule has 16 fully saturated rings. The summed E-state index contributed by atoms with van der Waals surface area (Å²) in [6.07, 6.45) is 32.4. The molecule has 6 N–H and O–H groups in total. The van der Waals surface area contributed by atoms with Crippen LogP contribution in [0.5, 0.6) is 11.5 Å². The number of anilines is 2. The van der Waals surface area contributed by atoms with Crippen LogP contribution in [0.1, 0.15) is 254 Å². The summed E-state index contributed by atoms with van der Waals surface area (Å²) in [6, 6.07) is 24.2. The Morgan fingerprint density at radius 2 is 0.558 bits per heavy atom. The van der Waals surface area contributed by atoms with E-state index in [0.717, 1.165) is 34.8 Å². The van der Waals surface area contributed by atoms with Crippen molar-refractivity contribution in [3.8, 4) is 22.6 Å². The normalized spacial score (nSPS) is 49.0. The van der Waals surface area contributed by atoms with Crippen molar-refractivity contribution in [2.45, 2.75) is 237 Å². The molecule has 0 spiro atoms. The Bertz CT molecular complexity index is 3050. The van der Waals surface area contributed by atoms with Crippen molar-refractivity contribution in [2.24, 2.45) is 67.0 Å². The van der Waals surface area contributed by atoms with Crippen LogP contribution in [0.4, 0.5) is 11.4 Å². The minimum atomic E-state index is -0.806. The fraction of sp³-hybridized carbons (Fsp3) is 0.671. The highest BCUT2D eigenvalue weighted by molar-refractivity contribution is 5.89. The van der Waals surface area contributed by atoms with Crippen LogP contribution < -0.4 is 11.5 Å². The lowest BCUT2D eigenvalue weighted by atomic mass is 9.36. The highest BCUT2D eigenvalue weighted by atomic mass is 16.3. The van der Waals surface area contributed by atoms with Gasteiger partial charge in [0, 0.05) is 0 Å². The molecular formula is C73H92N2O2. The molecule has 0 heterocycles. The molecule has 0 aromatic heterocycles. The average molecular weight is 1030 g/mol. The van der Waals surface area contributed by atoms with Gasteiger partial charge in [-0.15, -0.1) is 0 Å². The average Bonchev–Trinajstić information content (AvgIpc) is 3.37. The zero-order valence-corrected chi connectivity index (χ0v) is 48.6. The molecular weight excluding hydrogens is 937 g/mol. The summed E-state index contributed by atoms with van der Waals surface area (Å²) in [5.74, 6) is 3.38. The van der Waals surface area contributed by atoms with Crippen LogP contribution in [-0.2, 0) is 27.1 Å². The van der Waals surface area contributed by atoms with Crippen molar-refractivity contribution in [1.82, 2.24) is 0 Å². The highest BCUT2D eigenvalue weighted by Gasteiger charge is 2.68. The zero-order chi connectivity index (χ0) is 52.9. The summed E-state index contributed by atoms with van der Waals surface area (Å²) in [5.41, 5.74) is 32.4. The third kappa shape index (κ3) is 6.25. The molecule has 0 radical (unpaired) electrons. The number of phenolic OH excluding ortho intramolecular Hbond substituents is 2. The van der Waals surface area contributed by atoms with E-state index >= 15 is 0 Å². The molecule has 4 aromatic rings. The van der Waals surface area contributed by atoms with E-state index in [-0.39, 0.29) is 33.2 Å². The molecule has 16 saturated carbocycles. The maximum atomic E-state index is 11.5. The van der Waals surface area contributed by atoms with Gasteiger partial charge in [-0.2, -0.15) is 0 Å². The summed E-state index contributed by atoms with van der Waals surface area (Å²) < 4.78 is 0. The van der Waals surface area contributed by atoms with Gasteiger partial charge in [0.1, 0.15) is 11.5 Å². The van der Waals surface area contributed by atoms with E-state index in [2.05, 4.69) is 104 Å². The Morgan fingerprint density at radius 1 is 0.312 bits per heavy atom. The molecule has 17 aliphatic carbocycles. The highest BCUT2D eigenvalue weighted by Crippen LogP contribution is 2.78. The maximum absolute atomic E-state index is 11.5. The Hall–Kier alpha value is -3.92. The van der Waals surface area contributed by atoms with E-state index in [0.29, 0.717) is 54.7 Å². The SMILES string of the molecule is CC12CC3CC(C)(C1)CC(c1cc4c(cc1C15CC6CC(C)(CC(C)(C6)C1)C5)C(c1ccc(O)c(N)c1)(c1ccc(O)c(N)c1)c1cc(C56CC7CC(C)(CC(C)(C7)C5)C6)c(C56CC7CC(C)(CC(C)(C7)C5)C6)cc1-4)(C3)C2. The van der Waals surface area contributed by atoms with E-state index in [9.17, 15) is 10.2 Å². The van der Waals surface area contributed by atoms with Gasteiger partial charge >= 0.3 is 0 Å². The van der Waals surface area contributed by atoms with Crippen LogP contribution in [0, 0.1) is 67.0 Å². The number of nitrogen functional groups attached to an aromatic ring is 2. The van der Waals surface area contributed by atoms with Crippen LogP contribution >= 0.6 is 0 Å². The molecule has 16 bridgehead atoms. The van der Waals surface area contributed by atoms with Gasteiger partial charge in [0.15, 0.2) is 0 Å². The molecule has 8 unspecified atom stereocenters. The molecule has 8 atom stereocenters. The second-order valence-electron chi connectivity index (χ2n) is 35.8. The van der Waals surface area contributed by atoms with Crippen molar-refractivity contribution in [2.75, 3.05) is 11.5 Å².